The van der Waals surface area contributed by atoms with Crippen LogP contribution in [-0.2, 0) is 21.3 Å². The molecule has 0 saturated carbocycles. The number of nitrogens with one attached hydrogen (secondary N) is 2. The van der Waals surface area contributed by atoms with Crippen LogP contribution in [0.15, 0.2) is 53.4 Å². The summed E-state index contributed by atoms with van der Waals surface area (Å²) in [6.07, 6.45) is 0. The summed E-state index contributed by atoms with van der Waals surface area (Å²) in [5.41, 5.74) is 1.69. The number of anilines is 1. The predicted molar refractivity (Wildman–Crippen MR) is 112 cm³/mol. The number of sulfonamides is 1. The second-order valence-corrected chi connectivity index (χ2v) is 8.52. The summed E-state index contributed by atoms with van der Waals surface area (Å²) in [4.78, 5) is 0.181. The monoisotopic (exact) mass is 421 g/mol. The second-order valence-electron chi connectivity index (χ2n) is 6.17. The molecule has 0 atom stereocenters. The largest absolute Gasteiger partial charge is 0.495 e. The molecule has 7 nitrogen and oxygen atoms in total. The maximum absolute atomic E-state index is 12.8. The molecule has 0 amide bonds. The molecular weight excluding hydrogens is 398 g/mol. The van der Waals surface area contributed by atoms with Gasteiger partial charge in [-0.05, 0) is 29.9 Å². The number of nitrogens with zero attached hydrogens (tertiary/aromatic N) is 1. The lowest BCUT2D eigenvalue weighted by Crippen LogP contribution is -2.40. The van der Waals surface area contributed by atoms with Crippen LogP contribution in [0.2, 0.25) is 0 Å². The average molecular weight is 422 g/mol. The molecule has 0 aliphatic carbocycles. The van der Waals surface area contributed by atoms with Gasteiger partial charge in [0.1, 0.15) is 5.75 Å². The van der Waals surface area contributed by atoms with Crippen LogP contribution in [0.25, 0.3) is 0 Å². The van der Waals surface area contributed by atoms with Crippen molar-refractivity contribution in [3.8, 4) is 5.75 Å². The van der Waals surface area contributed by atoms with E-state index in [0.29, 0.717) is 49.4 Å². The smallest absolute Gasteiger partial charge is 0.243 e. The third kappa shape index (κ3) is 4.99. The highest BCUT2D eigenvalue weighted by molar-refractivity contribution is 7.89. The Hall–Kier alpha value is -2.20. The minimum Gasteiger partial charge on any atom is -0.495 e. The molecule has 1 aliphatic heterocycles. The molecule has 0 aromatic heterocycles. The van der Waals surface area contributed by atoms with E-state index in [1.54, 1.807) is 12.1 Å². The zero-order chi connectivity index (χ0) is 20.0. The van der Waals surface area contributed by atoms with Crippen molar-refractivity contribution >= 4 is 33.0 Å². The molecule has 0 bridgehead atoms. The van der Waals surface area contributed by atoms with Gasteiger partial charge in [-0.1, -0.05) is 30.3 Å². The second kappa shape index (κ2) is 9.33. The van der Waals surface area contributed by atoms with Gasteiger partial charge in [0.2, 0.25) is 10.0 Å². The highest BCUT2D eigenvalue weighted by atomic mass is 32.2. The van der Waals surface area contributed by atoms with Crippen LogP contribution in [0.5, 0.6) is 5.75 Å². The molecule has 1 fully saturated rings. The number of thiocarbonyl (C=S) groups is 1. The highest BCUT2D eigenvalue weighted by Gasteiger charge is 2.27. The van der Waals surface area contributed by atoms with Gasteiger partial charge in [0.25, 0.3) is 0 Å². The fraction of sp³-hybridized carbons (Fsp3) is 0.316. The number of rotatable bonds is 6. The number of methoxy groups -OCH3 is 1. The lowest BCUT2D eigenvalue weighted by Gasteiger charge is -2.26. The fourth-order valence-electron chi connectivity index (χ4n) is 2.82. The Morgan fingerprint density at radius 2 is 1.89 bits per heavy atom. The van der Waals surface area contributed by atoms with Crippen LogP contribution in [0.3, 0.4) is 0 Å². The van der Waals surface area contributed by atoms with Gasteiger partial charge in [-0.2, -0.15) is 4.31 Å². The van der Waals surface area contributed by atoms with Gasteiger partial charge in [-0.3, -0.25) is 0 Å². The van der Waals surface area contributed by atoms with Gasteiger partial charge in [0, 0.05) is 25.7 Å². The van der Waals surface area contributed by atoms with Gasteiger partial charge < -0.3 is 20.1 Å². The molecule has 1 heterocycles. The summed E-state index contributed by atoms with van der Waals surface area (Å²) >= 11 is 5.33. The van der Waals surface area contributed by atoms with E-state index in [0.717, 1.165) is 5.56 Å². The number of ether oxygens (including phenoxy) is 2. The number of hydrogen-bond donors (Lipinski definition) is 2. The van der Waals surface area contributed by atoms with E-state index in [2.05, 4.69) is 10.6 Å². The molecule has 28 heavy (non-hydrogen) atoms. The molecule has 2 aromatic rings. The Kier molecular flexibility index (Phi) is 6.84. The number of benzene rings is 2. The Morgan fingerprint density at radius 3 is 2.57 bits per heavy atom. The maximum atomic E-state index is 12.8. The summed E-state index contributed by atoms with van der Waals surface area (Å²) in [5.74, 6) is 0.401. The molecule has 1 aliphatic rings. The lowest BCUT2D eigenvalue weighted by atomic mass is 10.2. The van der Waals surface area contributed by atoms with Crippen LogP contribution in [0.4, 0.5) is 5.69 Å². The van der Waals surface area contributed by atoms with E-state index in [9.17, 15) is 8.42 Å². The minimum absolute atomic E-state index is 0.181. The van der Waals surface area contributed by atoms with Crippen molar-refractivity contribution in [3.05, 3.63) is 54.1 Å². The Labute approximate surface area is 170 Å². The SMILES string of the molecule is COc1cc(S(=O)(=O)N2CCOCC2)ccc1NC(=S)NCc1ccccc1. The zero-order valence-corrected chi connectivity index (χ0v) is 17.2. The van der Waals surface area contributed by atoms with Gasteiger partial charge in [-0.15, -0.1) is 0 Å². The average Bonchev–Trinajstić information content (AvgIpc) is 2.74. The van der Waals surface area contributed by atoms with Crippen LogP contribution in [0, 0.1) is 0 Å². The first-order valence-corrected chi connectivity index (χ1v) is 10.7. The fourth-order valence-corrected chi connectivity index (χ4v) is 4.42. The number of hydrogen-bond acceptors (Lipinski definition) is 5. The molecule has 2 aromatic carbocycles. The first-order chi connectivity index (χ1) is 13.5. The molecule has 9 heteroatoms. The third-order valence-corrected chi connectivity index (χ3v) is 6.47. The first-order valence-electron chi connectivity index (χ1n) is 8.85. The standard InChI is InChI=1S/C19H23N3O4S2/c1-25-18-13-16(28(23,24)22-9-11-26-12-10-22)7-8-17(18)21-19(27)20-14-15-5-3-2-4-6-15/h2-8,13H,9-12,14H2,1H3,(H2,20,21,27). The van der Waals surface area contributed by atoms with Crippen molar-refractivity contribution < 1.29 is 17.9 Å². The van der Waals surface area contributed by atoms with Crippen LogP contribution >= 0.6 is 12.2 Å². The van der Waals surface area contributed by atoms with Crippen molar-refractivity contribution in [2.45, 2.75) is 11.4 Å². The van der Waals surface area contributed by atoms with Gasteiger partial charge in [-0.25, -0.2) is 8.42 Å². The molecule has 3 rings (SSSR count). The molecule has 1 saturated heterocycles. The Morgan fingerprint density at radius 1 is 1.18 bits per heavy atom. The topological polar surface area (TPSA) is 79.9 Å². The molecule has 0 unspecified atom stereocenters. The van der Waals surface area contributed by atoms with Crippen molar-refractivity contribution in [2.75, 3.05) is 38.7 Å². The summed E-state index contributed by atoms with van der Waals surface area (Å²) < 4.78 is 37.6. The van der Waals surface area contributed by atoms with Crippen LogP contribution in [-0.4, -0.2) is 51.2 Å². The van der Waals surface area contributed by atoms with E-state index in [1.165, 1.54) is 17.5 Å². The van der Waals surface area contributed by atoms with E-state index < -0.39 is 10.0 Å². The van der Waals surface area contributed by atoms with Crippen molar-refractivity contribution in [1.29, 1.82) is 0 Å². The van der Waals surface area contributed by atoms with Gasteiger partial charge >= 0.3 is 0 Å². The Bertz CT molecular complexity index is 914. The van der Waals surface area contributed by atoms with Crippen molar-refractivity contribution in [2.24, 2.45) is 0 Å². The molecule has 0 radical (unpaired) electrons. The summed E-state index contributed by atoms with van der Waals surface area (Å²) in [7, 11) is -2.10. The summed E-state index contributed by atoms with van der Waals surface area (Å²) in [6, 6.07) is 14.6. The van der Waals surface area contributed by atoms with Crippen LogP contribution in [0.1, 0.15) is 5.56 Å². The highest BCUT2D eigenvalue weighted by Crippen LogP contribution is 2.29. The van der Waals surface area contributed by atoms with E-state index in [4.69, 9.17) is 21.7 Å². The predicted octanol–water partition coefficient (Wildman–Crippen LogP) is 2.20. The maximum Gasteiger partial charge on any atom is 0.243 e. The van der Waals surface area contributed by atoms with Gasteiger partial charge in [0.15, 0.2) is 5.11 Å². The zero-order valence-electron chi connectivity index (χ0n) is 15.6. The van der Waals surface area contributed by atoms with E-state index in [-0.39, 0.29) is 4.90 Å². The van der Waals surface area contributed by atoms with Crippen molar-refractivity contribution in [1.82, 2.24) is 9.62 Å². The van der Waals surface area contributed by atoms with Crippen molar-refractivity contribution in [3.63, 3.8) is 0 Å². The first kappa shape index (κ1) is 20.5. The Balaban J connectivity index is 1.69. The summed E-state index contributed by atoms with van der Waals surface area (Å²) in [5, 5.41) is 6.60. The molecule has 150 valence electrons. The third-order valence-electron chi connectivity index (χ3n) is 4.32. The normalized spacial score (nSPS) is 15.0. The quantitative estimate of drug-likeness (QED) is 0.692. The molecule has 0 spiro atoms. The van der Waals surface area contributed by atoms with Gasteiger partial charge in [0.05, 0.1) is 30.9 Å². The number of morpholine rings is 1. The summed E-state index contributed by atoms with van der Waals surface area (Å²) in [6.45, 7) is 2.07. The minimum atomic E-state index is -3.59. The molecule has 2 N–H and O–H groups in total. The molecular formula is C19H23N3O4S2. The van der Waals surface area contributed by atoms with E-state index >= 15 is 0 Å². The van der Waals surface area contributed by atoms with E-state index in [1.807, 2.05) is 30.3 Å². The lowest BCUT2D eigenvalue weighted by molar-refractivity contribution is 0.0730. The van der Waals surface area contributed by atoms with Crippen LogP contribution < -0.4 is 15.4 Å².